The molecule has 0 bridgehead atoms. The highest BCUT2D eigenvalue weighted by Crippen LogP contribution is 2.22. The number of amides is 1. The first-order chi connectivity index (χ1) is 8.47. The summed E-state index contributed by atoms with van der Waals surface area (Å²) in [5.74, 6) is -0.0621. The number of nitrogens with one attached hydrogen (secondary N) is 2. The zero-order valence-corrected chi connectivity index (χ0v) is 12.0. The van der Waals surface area contributed by atoms with Gasteiger partial charge in [0.1, 0.15) is 0 Å². The molecule has 0 atom stereocenters. The van der Waals surface area contributed by atoms with E-state index in [4.69, 9.17) is 23.2 Å². The molecule has 0 aliphatic carbocycles. The van der Waals surface area contributed by atoms with Gasteiger partial charge in [0.25, 0.3) is 0 Å². The largest absolute Gasteiger partial charge is 0.376 e. The minimum absolute atomic E-state index is 0.0621. The minimum atomic E-state index is -0.0621. The van der Waals surface area contributed by atoms with Gasteiger partial charge in [-0.15, -0.1) is 0 Å². The Morgan fingerprint density at radius 1 is 1.22 bits per heavy atom. The molecule has 6 heteroatoms. The van der Waals surface area contributed by atoms with Crippen LogP contribution in [0.3, 0.4) is 0 Å². The molecule has 0 aliphatic heterocycles. The average molecular weight is 290 g/mol. The van der Waals surface area contributed by atoms with Gasteiger partial charge in [0.2, 0.25) is 5.91 Å². The third kappa shape index (κ3) is 6.10. The fourth-order valence-corrected chi connectivity index (χ4v) is 1.85. The second kappa shape index (κ2) is 7.46. The summed E-state index contributed by atoms with van der Waals surface area (Å²) in [4.78, 5) is 13.5. The number of carbonyl (C=O) groups is 1. The zero-order valence-electron chi connectivity index (χ0n) is 10.5. The molecule has 0 aromatic heterocycles. The highest BCUT2D eigenvalue weighted by Gasteiger charge is 2.02. The zero-order chi connectivity index (χ0) is 13.5. The Balaban J connectivity index is 2.33. The lowest BCUT2D eigenvalue weighted by atomic mass is 10.3. The van der Waals surface area contributed by atoms with Crippen molar-refractivity contribution in [2.24, 2.45) is 0 Å². The lowest BCUT2D eigenvalue weighted by Gasteiger charge is -2.11. The van der Waals surface area contributed by atoms with Gasteiger partial charge in [-0.25, -0.2) is 0 Å². The number of likely N-dealkylation sites (N-methyl/N-ethyl adjacent to an activating group) is 1. The van der Waals surface area contributed by atoms with Gasteiger partial charge >= 0.3 is 0 Å². The molecular formula is C12H17Cl2N3O. The average Bonchev–Trinajstić information content (AvgIpc) is 2.24. The fraction of sp³-hybridized carbons (Fsp3) is 0.417. The van der Waals surface area contributed by atoms with E-state index in [0.717, 1.165) is 12.2 Å². The lowest BCUT2D eigenvalue weighted by molar-refractivity contribution is -0.119. The monoisotopic (exact) mass is 289 g/mol. The van der Waals surface area contributed by atoms with Gasteiger partial charge in [-0.05, 0) is 32.3 Å². The van der Waals surface area contributed by atoms with Crippen LogP contribution in [-0.2, 0) is 4.79 Å². The van der Waals surface area contributed by atoms with E-state index in [1.807, 2.05) is 19.0 Å². The summed E-state index contributed by atoms with van der Waals surface area (Å²) in [6, 6.07) is 5.09. The van der Waals surface area contributed by atoms with E-state index in [0.29, 0.717) is 16.6 Å². The van der Waals surface area contributed by atoms with Crippen molar-refractivity contribution in [1.82, 2.24) is 10.2 Å². The number of benzene rings is 1. The molecule has 1 rings (SSSR count). The number of hydrogen-bond donors (Lipinski definition) is 2. The maximum absolute atomic E-state index is 11.5. The Hall–Kier alpha value is -0.970. The van der Waals surface area contributed by atoms with Crippen LogP contribution in [0.2, 0.25) is 10.0 Å². The maximum Gasteiger partial charge on any atom is 0.239 e. The van der Waals surface area contributed by atoms with Gasteiger partial charge in [0, 0.05) is 28.8 Å². The van der Waals surface area contributed by atoms with Crippen LogP contribution >= 0.6 is 23.2 Å². The highest BCUT2D eigenvalue weighted by molar-refractivity contribution is 6.35. The van der Waals surface area contributed by atoms with Crippen LogP contribution in [0.4, 0.5) is 5.69 Å². The second-order valence-electron chi connectivity index (χ2n) is 4.16. The van der Waals surface area contributed by atoms with E-state index in [1.54, 1.807) is 18.2 Å². The Morgan fingerprint density at radius 2 is 1.83 bits per heavy atom. The molecule has 100 valence electrons. The molecule has 0 heterocycles. The van der Waals surface area contributed by atoms with E-state index in [2.05, 4.69) is 10.6 Å². The Bertz CT molecular complexity index is 390. The molecule has 0 saturated carbocycles. The normalized spacial score (nSPS) is 10.5. The summed E-state index contributed by atoms with van der Waals surface area (Å²) in [6.45, 7) is 1.64. The molecule has 1 amide bonds. The van der Waals surface area contributed by atoms with Crippen molar-refractivity contribution in [3.05, 3.63) is 28.2 Å². The summed E-state index contributed by atoms with van der Waals surface area (Å²) in [5, 5.41) is 6.85. The molecule has 1 aromatic rings. The van der Waals surface area contributed by atoms with Crippen LogP contribution in [0, 0.1) is 0 Å². The molecular weight excluding hydrogens is 273 g/mol. The quantitative estimate of drug-likeness (QED) is 0.843. The van der Waals surface area contributed by atoms with E-state index < -0.39 is 0 Å². The number of nitrogens with zero attached hydrogens (tertiary/aromatic N) is 1. The van der Waals surface area contributed by atoms with Crippen molar-refractivity contribution in [3.63, 3.8) is 0 Å². The summed E-state index contributed by atoms with van der Waals surface area (Å²) in [5.41, 5.74) is 0.732. The minimum Gasteiger partial charge on any atom is -0.376 e. The first-order valence-electron chi connectivity index (χ1n) is 5.59. The van der Waals surface area contributed by atoms with Gasteiger partial charge in [-0.2, -0.15) is 0 Å². The SMILES string of the molecule is CN(C)CCNC(=O)CNc1cc(Cl)cc(Cl)c1. The maximum atomic E-state index is 11.5. The predicted octanol–water partition coefficient (Wildman–Crippen LogP) is 2.08. The standard InChI is InChI=1S/C12H17Cl2N3O/c1-17(2)4-3-15-12(18)8-16-11-6-9(13)5-10(14)7-11/h5-7,16H,3-4,8H2,1-2H3,(H,15,18). The van der Waals surface area contributed by atoms with E-state index in [9.17, 15) is 4.79 Å². The van der Waals surface area contributed by atoms with Crippen LogP contribution in [0.5, 0.6) is 0 Å². The summed E-state index contributed by atoms with van der Waals surface area (Å²) in [7, 11) is 3.91. The third-order valence-corrected chi connectivity index (χ3v) is 2.63. The van der Waals surface area contributed by atoms with E-state index in [1.165, 1.54) is 0 Å². The van der Waals surface area contributed by atoms with Crippen molar-refractivity contribution in [1.29, 1.82) is 0 Å². The van der Waals surface area contributed by atoms with Gasteiger partial charge < -0.3 is 15.5 Å². The number of carbonyl (C=O) groups excluding carboxylic acids is 1. The number of halogens is 2. The van der Waals surface area contributed by atoms with Gasteiger partial charge in [0.15, 0.2) is 0 Å². The number of hydrogen-bond acceptors (Lipinski definition) is 3. The lowest BCUT2D eigenvalue weighted by Crippen LogP contribution is -2.35. The number of rotatable bonds is 6. The third-order valence-electron chi connectivity index (χ3n) is 2.20. The fourth-order valence-electron chi connectivity index (χ4n) is 1.32. The van der Waals surface area contributed by atoms with Gasteiger partial charge in [0.05, 0.1) is 6.54 Å². The molecule has 4 nitrogen and oxygen atoms in total. The molecule has 18 heavy (non-hydrogen) atoms. The van der Waals surface area contributed by atoms with E-state index in [-0.39, 0.29) is 12.5 Å². The van der Waals surface area contributed by atoms with Crippen LogP contribution < -0.4 is 10.6 Å². The van der Waals surface area contributed by atoms with Crippen molar-refractivity contribution in [3.8, 4) is 0 Å². The van der Waals surface area contributed by atoms with Gasteiger partial charge in [-0.3, -0.25) is 4.79 Å². The van der Waals surface area contributed by atoms with Crippen LogP contribution in [-0.4, -0.2) is 44.5 Å². The Morgan fingerprint density at radius 3 is 2.39 bits per heavy atom. The molecule has 0 fully saturated rings. The highest BCUT2D eigenvalue weighted by atomic mass is 35.5. The second-order valence-corrected chi connectivity index (χ2v) is 5.04. The Kier molecular flexibility index (Phi) is 6.25. The van der Waals surface area contributed by atoms with Crippen LogP contribution in [0.15, 0.2) is 18.2 Å². The van der Waals surface area contributed by atoms with Crippen molar-refractivity contribution in [2.45, 2.75) is 0 Å². The van der Waals surface area contributed by atoms with Crippen molar-refractivity contribution < 1.29 is 4.79 Å². The molecule has 0 unspecified atom stereocenters. The summed E-state index contributed by atoms with van der Waals surface area (Å²) < 4.78 is 0. The number of anilines is 1. The van der Waals surface area contributed by atoms with Crippen LogP contribution in [0.25, 0.3) is 0 Å². The molecule has 2 N–H and O–H groups in total. The molecule has 0 saturated heterocycles. The van der Waals surface area contributed by atoms with Gasteiger partial charge in [-0.1, -0.05) is 23.2 Å². The summed E-state index contributed by atoms with van der Waals surface area (Å²) in [6.07, 6.45) is 0. The molecule has 1 aromatic carbocycles. The summed E-state index contributed by atoms with van der Waals surface area (Å²) >= 11 is 11.7. The van der Waals surface area contributed by atoms with Crippen molar-refractivity contribution in [2.75, 3.05) is 39.0 Å². The van der Waals surface area contributed by atoms with Crippen molar-refractivity contribution >= 4 is 34.8 Å². The topological polar surface area (TPSA) is 44.4 Å². The molecule has 0 aliphatic rings. The van der Waals surface area contributed by atoms with Crippen LogP contribution in [0.1, 0.15) is 0 Å². The smallest absolute Gasteiger partial charge is 0.239 e. The molecule has 0 spiro atoms. The Labute approximate surface area is 117 Å². The van der Waals surface area contributed by atoms with E-state index >= 15 is 0 Å². The molecule has 0 radical (unpaired) electrons. The predicted molar refractivity (Wildman–Crippen MR) is 76.5 cm³/mol. The first-order valence-corrected chi connectivity index (χ1v) is 6.34. The first kappa shape index (κ1) is 15.1.